The molecule has 110 valence electrons. The summed E-state index contributed by atoms with van der Waals surface area (Å²) in [6.45, 7) is 3.37. The summed E-state index contributed by atoms with van der Waals surface area (Å²) in [5.41, 5.74) is 7.16. The summed E-state index contributed by atoms with van der Waals surface area (Å²) in [5, 5.41) is 8.10. The van der Waals surface area contributed by atoms with Crippen molar-refractivity contribution in [3.63, 3.8) is 0 Å². The Hall–Kier alpha value is -1.26. The van der Waals surface area contributed by atoms with Crippen molar-refractivity contribution in [1.82, 2.24) is 4.90 Å². The first kappa shape index (κ1) is 15.1. The SMILES string of the molecule is CN1CCC(CN(C)c2ccc(C(=N)N)cc2Cl)CC1. The Morgan fingerprint density at radius 3 is 2.65 bits per heavy atom. The van der Waals surface area contributed by atoms with Gasteiger partial charge in [0.25, 0.3) is 0 Å². The quantitative estimate of drug-likeness (QED) is 0.662. The molecule has 0 amide bonds. The molecule has 0 aliphatic carbocycles. The van der Waals surface area contributed by atoms with Gasteiger partial charge in [-0.2, -0.15) is 0 Å². The Kier molecular flexibility index (Phi) is 4.89. The fourth-order valence-electron chi connectivity index (χ4n) is 2.71. The van der Waals surface area contributed by atoms with E-state index in [1.807, 2.05) is 12.1 Å². The maximum Gasteiger partial charge on any atom is 0.122 e. The number of benzene rings is 1. The number of hydrogen-bond donors (Lipinski definition) is 2. The van der Waals surface area contributed by atoms with Crippen LogP contribution in [0, 0.1) is 11.3 Å². The van der Waals surface area contributed by atoms with Gasteiger partial charge in [0.15, 0.2) is 0 Å². The van der Waals surface area contributed by atoms with Crippen molar-refractivity contribution in [3.8, 4) is 0 Å². The Morgan fingerprint density at radius 1 is 1.45 bits per heavy atom. The lowest BCUT2D eigenvalue weighted by Gasteiger charge is -2.32. The summed E-state index contributed by atoms with van der Waals surface area (Å²) < 4.78 is 0. The maximum absolute atomic E-state index is 7.43. The average molecular weight is 295 g/mol. The molecule has 4 nitrogen and oxygen atoms in total. The van der Waals surface area contributed by atoms with Crippen molar-refractivity contribution >= 4 is 23.1 Å². The molecule has 0 atom stereocenters. The van der Waals surface area contributed by atoms with Gasteiger partial charge in [-0.15, -0.1) is 0 Å². The van der Waals surface area contributed by atoms with E-state index in [0.717, 1.165) is 18.2 Å². The maximum atomic E-state index is 7.43. The highest BCUT2D eigenvalue weighted by atomic mass is 35.5. The minimum Gasteiger partial charge on any atom is -0.384 e. The molecule has 2 rings (SSSR count). The lowest BCUT2D eigenvalue weighted by molar-refractivity contribution is 0.222. The van der Waals surface area contributed by atoms with Gasteiger partial charge >= 0.3 is 0 Å². The van der Waals surface area contributed by atoms with Crippen LogP contribution in [0.15, 0.2) is 18.2 Å². The summed E-state index contributed by atoms with van der Waals surface area (Å²) in [4.78, 5) is 4.59. The lowest BCUT2D eigenvalue weighted by atomic mass is 9.96. The molecule has 0 aromatic heterocycles. The third-order valence-electron chi connectivity index (χ3n) is 4.04. The molecule has 0 saturated carbocycles. The first-order chi connectivity index (χ1) is 9.47. The highest BCUT2D eigenvalue weighted by Crippen LogP contribution is 2.28. The fourth-order valence-corrected chi connectivity index (χ4v) is 3.04. The molecule has 0 radical (unpaired) electrons. The predicted molar refractivity (Wildman–Crippen MR) is 86.0 cm³/mol. The van der Waals surface area contributed by atoms with E-state index in [4.69, 9.17) is 22.7 Å². The molecule has 1 aliphatic rings. The van der Waals surface area contributed by atoms with Gasteiger partial charge in [0, 0.05) is 19.2 Å². The lowest BCUT2D eigenvalue weighted by Crippen LogP contribution is -2.35. The van der Waals surface area contributed by atoms with Crippen LogP contribution >= 0.6 is 11.6 Å². The van der Waals surface area contributed by atoms with Gasteiger partial charge in [-0.25, -0.2) is 0 Å². The van der Waals surface area contributed by atoms with Gasteiger partial charge in [-0.05, 0) is 57.1 Å². The van der Waals surface area contributed by atoms with Crippen molar-refractivity contribution in [2.75, 3.05) is 38.6 Å². The minimum absolute atomic E-state index is 0.0522. The van der Waals surface area contributed by atoms with Crippen LogP contribution in [-0.4, -0.2) is 44.5 Å². The van der Waals surface area contributed by atoms with Gasteiger partial charge in [-0.1, -0.05) is 11.6 Å². The van der Waals surface area contributed by atoms with Crippen molar-refractivity contribution in [1.29, 1.82) is 5.41 Å². The van der Waals surface area contributed by atoms with Crippen molar-refractivity contribution in [2.45, 2.75) is 12.8 Å². The summed E-state index contributed by atoms with van der Waals surface area (Å²) in [6, 6.07) is 5.58. The number of rotatable bonds is 4. The first-order valence-electron chi connectivity index (χ1n) is 7.01. The van der Waals surface area contributed by atoms with Crippen molar-refractivity contribution in [2.24, 2.45) is 11.7 Å². The van der Waals surface area contributed by atoms with E-state index < -0.39 is 0 Å². The number of nitrogen functional groups attached to an aromatic ring is 1. The third kappa shape index (κ3) is 3.64. The molecular formula is C15H23ClN4. The molecule has 1 aliphatic heterocycles. The molecule has 1 aromatic rings. The number of nitrogens with two attached hydrogens (primary N) is 1. The Labute approximate surface area is 126 Å². The van der Waals surface area contributed by atoms with Gasteiger partial charge in [0.1, 0.15) is 5.84 Å². The second kappa shape index (κ2) is 6.46. The van der Waals surface area contributed by atoms with E-state index in [-0.39, 0.29) is 5.84 Å². The second-order valence-electron chi connectivity index (χ2n) is 5.71. The summed E-state index contributed by atoms with van der Waals surface area (Å²) in [6.07, 6.45) is 2.48. The van der Waals surface area contributed by atoms with Crippen LogP contribution in [-0.2, 0) is 0 Å². The Balaban J connectivity index is 2.02. The molecule has 0 spiro atoms. The van der Waals surface area contributed by atoms with Gasteiger partial charge in [-0.3, -0.25) is 5.41 Å². The van der Waals surface area contributed by atoms with Gasteiger partial charge < -0.3 is 15.5 Å². The summed E-state index contributed by atoms with van der Waals surface area (Å²) in [5.74, 6) is 0.774. The van der Waals surface area contributed by atoms with E-state index in [9.17, 15) is 0 Å². The van der Waals surface area contributed by atoms with Gasteiger partial charge in [0.05, 0.1) is 10.7 Å². The van der Waals surface area contributed by atoms with Crippen LogP contribution in [0.2, 0.25) is 5.02 Å². The van der Waals surface area contributed by atoms with E-state index in [1.165, 1.54) is 25.9 Å². The molecule has 1 heterocycles. The fraction of sp³-hybridized carbons (Fsp3) is 0.533. The van der Waals surface area contributed by atoms with Crippen LogP contribution in [0.5, 0.6) is 0 Å². The molecule has 3 N–H and O–H groups in total. The number of amidine groups is 1. The standard InChI is InChI=1S/C15H23ClN4/c1-19-7-5-11(6-8-19)10-20(2)14-4-3-12(15(17)18)9-13(14)16/h3-4,9,11H,5-8,10H2,1-2H3,(H3,17,18). The number of anilines is 1. The Morgan fingerprint density at radius 2 is 2.10 bits per heavy atom. The topological polar surface area (TPSA) is 56.4 Å². The van der Waals surface area contributed by atoms with Crippen LogP contribution < -0.4 is 10.6 Å². The smallest absolute Gasteiger partial charge is 0.122 e. The first-order valence-corrected chi connectivity index (χ1v) is 7.39. The molecule has 1 saturated heterocycles. The van der Waals surface area contributed by atoms with E-state index in [1.54, 1.807) is 6.07 Å². The molecule has 20 heavy (non-hydrogen) atoms. The number of likely N-dealkylation sites (tertiary alicyclic amines) is 1. The summed E-state index contributed by atoms with van der Waals surface area (Å²) in [7, 11) is 4.25. The van der Waals surface area contributed by atoms with Gasteiger partial charge in [0.2, 0.25) is 0 Å². The predicted octanol–water partition coefficient (Wildman–Crippen LogP) is 2.40. The van der Waals surface area contributed by atoms with E-state index in [0.29, 0.717) is 10.6 Å². The molecule has 0 bridgehead atoms. The number of halogens is 1. The second-order valence-corrected chi connectivity index (χ2v) is 6.11. The molecule has 0 unspecified atom stereocenters. The number of hydrogen-bond acceptors (Lipinski definition) is 3. The van der Waals surface area contributed by atoms with E-state index >= 15 is 0 Å². The summed E-state index contributed by atoms with van der Waals surface area (Å²) >= 11 is 6.31. The molecule has 1 aromatic carbocycles. The van der Waals surface area contributed by atoms with Crippen LogP contribution in [0.25, 0.3) is 0 Å². The van der Waals surface area contributed by atoms with Crippen LogP contribution in [0.3, 0.4) is 0 Å². The third-order valence-corrected chi connectivity index (χ3v) is 4.34. The van der Waals surface area contributed by atoms with E-state index in [2.05, 4.69) is 23.9 Å². The number of piperidine rings is 1. The highest BCUT2D eigenvalue weighted by Gasteiger charge is 2.19. The zero-order valence-electron chi connectivity index (χ0n) is 12.2. The van der Waals surface area contributed by atoms with Crippen molar-refractivity contribution in [3.05, 3.63) is 28.8 Å². The average Bonchev–Trinajstić information content (AvgIpc) is 2.41. The largest absolute Gasteiger partial charge is 0.384 e. The number of nitrogens with one attached hydrogen (secondary N) is 1. The monoisotopic (exact) mass is 294 g/mol. The normalized spacial score (nSPS) is 17.1. The molecule has 5 heteroatoms. The minimum atomic E-state index is 0.0522. The molecular weight excluding hydrogens is 272 g/mol. The zero-order valence-corrected chi connectivity index (χ0v) is 13.0. The van der Waals surface area contributed by atoms with Crippen molar-refractivity contribution < 1.29 is 0 Å². The Bertz CT molecular complexity index is 481. The van der Waals surface area contributed by atoms with Crippen LogP contribution in [0.4, 0.5) is 5.69 Å². The zero-order chi connectivity index (χ0) is 14.7. The highest BCUT2D eigenvalue weighted by molar-refractivity contribution is 6.33. The molecule has 1 fully saturated rings. The van der Waals surface area contributed by atoms with Crippen LogP contribution in [0.1, 0.15) is 18.4 Å². The number of nitrogens with zero attached hydrogens (tertiary/aromatic N) is 2.